The van der Waals surface area contributed by atoms with Crippen molar-refractivity contribution >= 4 is 23.6 Å². The molecule has 0 radical (unpaired) electrons. The minimum atomic E-state index is -1.20. The number of carboxylic acid groups (broad SMARTS) is 2. The lowest BCUT2D eigenvalue weighted by Crippen LogP contribution is -2.21. The molecule has 0 aliphatic heterocycles. The molecule has 94 valence electrons. The summed E-state index contributed by atoms with van der Waals surface area (Å²) >= 11 is 0. The number of nitrogens with two attached hydrogens (primary N) is 2. The van der Waals surface area contributed by atoms with Crippen molar-refractivity contribution in [3.05, 3.63) is 18.2 Å². The standard InChI is InChI=1S/C5H7N3.C5H8O4/c6-4-2-1-3-5(7)8-4;6-4(7)2-1-3-5(8)9/h1-3H,(H4,6,7,8);1-3H2,(H,6,7)(H,8,9). The van der Waals surface area contributed by atoms with Crippen molar-refractivity contribution in [2.45, 2.75) is 19.3 Å². The molecule has 1 aromatic rings. The Morgan fingerprint density at radius 2 is 1.76 bits per heavy atom. The summed E-state index contributed by atoms with van der Waals surface area (Å²) in [6.07, 6.45) is -0.127. The van der Waals surface area contributed by atoms with Crippen molar-refractivity contribution in [1.29, 1.82) is 0 Å². The van der Waals surface area contributed by atoms with Gasteiger partial charge in [-0.05, 0) is 18.9 Å². The van der Waals surface area contributed by atoms with E-state index in [0.29, 0.717) is 11.6 Å². The van der Waals surface area contributed by atoms with Gasteiger partial charge in [0, 0.05) is 24.5 Å². The van der Waals surface area contributed by atoms with Gasteiger partial charge in [-0.3, -0.25) is 4.79 Å². The van der Waals surface area contributed by atoms with Crippen molar-refractivity contribution in [3.8, 4) is 0 Å². The van der Waals surface area contributed by atoms with E-state index in [1.54, 1.807) is 18.2 Å². The predicted molar refractivity (Wildman–Crippen MR) is 58.3 cm³/mol. The molecule has 0 atom stereocenters. The number of nitrogen functional groups attached to an aromatic ring is 2. The van der Waals surface area contributed by atoms with Crippen LogP contribution in [0.3, 0.4) is 0 Å². The number of aromatic amines is 1. The number of carboxylic acids is 2. The van der Waals surface area contributed by atoms with Crippen LogP contribution >= 0.6 is 0 Å². The summed E-state index contributed by atoms with van der Waals surface area (Å²) in [6, 6.07) is 5.29. The van der Waals surface area contributed by atoms with Crippen LogP contribution in [0.1, 0.15) is 19.3 Å². The number of H-pyrrole nitrogens is 1. The van der Waals surface area contributed by atoms with Crippen molar-refractivity contribution in [2.75, 3.05) is 11.5 Å². The average Bonchev–Trinajstić information content (AvgIpc) is 2.16. The van der Waals surface area contributed by atoms with Crippen molar-refractivity contribution in [3.63, 3.8) is 0 Å². The number of carbonyl (C=O) groups is 2. The topological polar surface area (TPSA) is 144 Å². The van der Waals surface area contributed by atoms with Gasteiger partial charge in [0.1, 0.15) is 0 Å². The molecule has 0 unspecified atom stereocenters. The maximum atomic E-state index is 9.77. The number of rotatable bonds is 4. The highest BCUT2D eigenvalue weighted by Gasteiger charge is 1.94. The van der Waals surface area contributed by atoms with Crippen LogP contribution in [-0.2, 0) is 9.59 Å². The van der Waals surface area contributed by atoms with Gasteiger partial charge in [-0.15, -0.1) is 0 Å². The monoisotopic (exact) mass is 241 g/mol. The van der Waals surface area contributed by atoms with Crippen molar-refractivity contribution in [1.82, 2.24) is 0 Å². The number of aromatic nitrogens is 1. The normalized spacial score (nSPS) is 8.94. The minimum Gasteiger partial charge on any atom is -0.550 e. The molecule has 0 bridgehead atoms. The molecule has 0 aliphatic rings. The molecule has 7 nitrogen and oxygen atoms in total. The maximum Gasteiger partial charge on any atom is 0.303 e. The third-order valence-corrected chi connectivity index (χ3v) is 1.61. The van der Waals surface area contributed by atoms with Gasteiger partial charge < -0.3 is 26.5 Å². The number of hydrogen-bond donors (Lipinski definition) is 3. The Morgan fingerprint density at radius 3 is 2.06 bits per heavy atom. The van der Waals surface area contributed by atoms with Gasteiger partial charge in [0.2, 0.25) is 11.6 Å². The zero-order chi connectivity index (χ0) is 13.3. The maximum absolute atomic E-state index is 9.77. The average molecular weight is 241 g/mol. The van der Waals surface area contributed by atoms with Crippen LogP contribution in [0.2, 0.25) is 0 Å². The van der Waals surface area contributed by atoms with Crippen LogP contribution in [0.4, 0.5) is 11.6 Å². The molecule has 6 N–H and O–H groups in total. The van der Waals surface area contributed by atoms with Gasteiger partial charge in [0.15, 0.2) is 0 Å². The first-order valence-corrected chi connectivity index (χ1v) is 4.86. The molecular formula is C10H15N3O4. The second kappa shape index (κ2) is 7.91. The fourth-order valence-corrected chi connectivity index (χ4v) is 0.889. The Labute approximate surface area is 98.1 Å². The van der Waals surface area contributed by atoms with E-state index >= 15 is 0 Å². The number of hydrogen-bond acceptors (Lipinski definition) is 5. The predicted octanol–water partition coefficient (Wildman–Crippen LogP) is -1.34. The quantitative estimate of drug-likeness (QED) is 0.594. The highest BCUT2D eigenvalue weighted by Crippen LogP contribution is 1.92. The summed E-state index contributed by atoms with van der Waals surface area (Å²) in [5.41, 5.74) is 10.6. The molecular weight excluding hydrogens is 226 g/mol. The fourth-order valence-electron chi connectivity index (χ4n) is 0.889. The molecule has 7 heteroatoms. The van der Waals surface area contributed by atoms with E-state index in [9.17, 15) is 14.7 Å². The van der Waals surface area contributed by atoms with Gasteiger partial charge in [-0.1, -0.05) is 0 Å². The van der Waals surface area contributed by atoms with Gasteiger partial charge in [-0.2, -0.15) is 0 Å². The van der Waals surface area contributed by atoms with E-state index in [1.165, 1.54) is 0 Å². The van der Waals surface area contributed by atoms with Gasteiger partial charge in [-0.25, -0.2) is 4.98 Å². The molecule has 0 saturated carbocycles. The highest BCUT2D eigenvalue weighted by molar-refractivity contribution is 5.68. The molecule has 0 aliphatic carbocycles. The van der Waals surface area contributed by atoms with Crippen LogP contribution in [-0.4, -0.2) is 17.0 Å². The highest BCUT2D eigenvalue weighted by atomic mass is 16.4. The first kappa shape index (κ1) is 14.7. The molecule has 1 heterocycles. The first-order chi connectivity index (χ1) is 7.91. The number of anilines is 2. The molecule has 0 fully saturated rings. The number of carbonyl (C=O) groups excluding carboxylic acids is 1. The van der Waals surface area contributed by atoms with E-state index in [0.717, 1.165) is 0 Å². The largest absolute Gasteiger partial charge is 0.550 e. The van der Waals surface area contributed by atoms with Crippen LogP contribution in [0.5, 0.6) is 0 Å². The lowest BCUT2D eigenvalue weighted by molar-refractivity contribution is -0.342. The van der Waals surface area contributed by atoms with Gasteiger partial charge >= 0.3 is 5.97 Å². The van der Waals surface area contributed by atoms with Crippen LogP contribution in [0.25, 0.3) is 0 Å². The van der Waals surface area contributed by atoms with Crippen LogP contribution in [0, 0.1) is 0 Å². The Morgan fingerprint density at radius 1 is 1.24 bits per heavy atom. The molecule has 17 heavy (non-hydrogen) atoms. The Kier molecular flexibility index (Phi) is 6.84. The van der Waals surface area contributed by atoms with Crippen molar-refractivity contribution in [2.24, 2.45) is 0 Å². The summed E-state index contributed by atoms with van der Waals surface area (Å²) in [4.78, 5) is 22.2. The SMILES string of the molecule is Nc1cccc(N)[nH+]1.O=C([O-])CCCC(=O)O. The van der Waals surface area contributed by atoms with Gasteiger partial charge in [0.05, 0.1) is 0 Å². The molecule has 1 aromatic heterocycles. The zero-order valence-electron chi connectivity index (χ0n) is 9.18. The summed E-state index contributed by atoms with van der Waals surface area (Å²) in [6.45, 7) is 0. The number of aliphatic carboxylic acids is 2. The third kappa shape index (κ3) is 9.98. The van der Waals surface area contributed by atoms with Gasteiger partial charge in [0.25, 0.3) is 0 Å². The number of pyridine rings is 1. The van der Waals surface area contributed by atoms with E-state index < -0.39 is 11.9 Å². The molecule has 0 aromatic carbocycles. The smallest absolute Gasteiger partial charge is 0.303 e. The Balaban J connectivity index is 0.000000302. The molecule has 1 rings (SSSR count). The molecule has 0 saturated heterocycles. The summed E-state index contributed by atoms with van der Waals surface area (Å²) < 4.78 is 0. The first-order valence-electron chi connectivity index (χ1n) is 4.86. The third-order valence-electron chi connectivity index (χ3n) is 1.61. The van der Waals surface area contributed by atoms with E-state index in [4.69, 9.17) is 16.6 Å². The number of nitrogens with one attached hydrogen (secondary N) is 1. The zero-order valence-corrected chi connectivity index (χ0v) is 9.18. The van der Waals surface area contributed by atoms with Crippen molar-refractivity contribution < 1.29 is 24.8 Å². The summed E-state index contributed by atoms with van der Waals surface area (Å²) in [7, 11) is 0. The second-order valence-corrected chi connectivity index (χ2v) is 3.18. The summed E-state index contributed by atoms with van der Waals surface area (Å²) in [5.74, 6) is -0.998. The van der Waals surface area contributed by atoms with Crippen LogP contribution < -0.4 is 21.6 Å². The lowest BCUT2D eigenvalue weighted by atomic mass is 10.2. The second-order valence-electron chi connectivity index (χ2n) is 3.18. The summed E-state index contributed by atoms with van der Waals surface area (Å²) in [5, 5.41) is 17.7. The van der Waals surface area contributed by atoms with E-state index in [2.05, 4.69) is 4.98 Å². The van der Waals surface area contributed by atoms with E-state index in [-0.39, 0.29) is 19.3 Å². The Hall–Kier alpha value is -2.31. The Bertz CT molecular complexity index is 350. The van der Waals surface area contributed by atoms with E-state index in [1.807, 2.05) is 0 Å². The lowest BCUT2D eigenvalue weighted by Gasteiger charge is -1.96. The fraction of sp³-hybridized carbons (Fsp3) is 0.300. The van der Waals surface area contributed by atoms with Crippen LogP contribution in [0.15, 0.2) is 18.2 Å². The minimum absolute atomic E-state index is 0.103. The molecule has 0 amide bonds. The molecule has 0 spiro atoms.